The van der Waals surface area contributed by atoms with Crippen LogP contribution in [0.1, 0.15) is 20.3 Å². The molecule has 0 radical (unpaired) electrons. The standard InChI is InChI=1S/C15H18N4O/c1-11(2)10-15(20)17-14-9-8-13(18-19-14)16-12-6-4-3-5-7-12/h3-9,11H,10H2,1-2H3,(H,16,18)(H,17,19,20). The van der Waals surface area contributed by atoms with E-state index in [1.807, 2.05) is 44.2 Å². The molecular weight excluding hydrogens is 252 g/mol. The summed E-state index contributed by atoms with van der Waals surface area (Å²) in [4.78, 5) is 11.6. The number of anilines is 3. The van der Waals surface area contributed by atoms with Crippen molar-refractivity contribution in [2.75, 3.05) is 10.6 Å². The van der Waals surface area contributed by atoms with Crippen molar-refractivity contribution in [1.82, 2.24) is 10.2 Å². The maximum Gasteiger partial charge on any atom is 0.225 e. The third-order valence-corrected chi connectivity index (χ3v) is 2.57. The van der Waals surface area contributed by atoms with Gasteiger partial charge >= 0.3 is 0 Å². The summed E-state index contributed by atoms with van der Waals surface area (Å²) in [5.41, 5.74) is 0.943. The van der Waals surface area contributed by atoms with Crippen LogP contribution in [0.25, 0.3) is 0 Å². The largest absolute Gasteiger partial charge is 0.339 e. The second kappa shape index (κ2) is 6.65. The molecular formula is C15H18N4O. The first-order chi connectivity index (χ1) is 9.63. The van der Waals surface area contributed by atoms with Crippen LogP contribution in [0.3, 0.4) is 0 Å². The number of hydrogen-bond acceptors (Lipinski definition) is 4. The van der Waals surface area contributed by atoms with Gasteiger partial charge in [0.1, 0.15) is 0 Å². The smallest absolute Gasteiger partial charge is 0.225 e. The first-order valence-corrected chi connectivity index (χ1v) is 6.59. The Balaban J connectivity index is 1.94. The highest BCUT2D eigenvalue weighted by Crippen LogP contribution is 2.14. The van der Waals surface area contributed by atoms with Crippen molar-refractivity contribution in [2.24, 2.45) is 5.92 Å². The van der Waals surface area contributed by atoms with E-state index in [0.717, 1.165) is 5.69 Å². The normalized spacial score (nSPS) is 10.3. The van der Waals surface area contributed by atoms with Crippen molar-refractivity contribution in [2.45, 2.75) is 20.3 Å². The number of nitrogens with one attached hydrogen (secondary N) is 2. The van der Waals surface area contributed by atoms with Crippen molar-refractivity contribution in [3.63, 3.8) is 0 Å². The number of benzene rings is 1. The third-order valence-electron chi connectivity index (χ3n) is 2.57. The van der Waals surface area contributed by atoms with Crippen molar-refractivity contribution in [1.29, 1.82) is 0 Å². The number of amides is 1. The maximum atomic E-state index is 11.6. The fourth-order valence-electron chi connectivity index (χ4n) is 1.70. The summed E-state index contributed by atoms with van der Waals surface area (Å²) >= 11 is 0. The number of para-hydroxylation sites is 1. The van der Waals surface area contributed by atoms with Gasteiger partial charge < -0.3 is 10.6 Å². The summed E-state index contributed by atoms with van der Waals surface area (Å²) in [5, 5.41) is 13.9. The van der Waals surface area contributed by atoms with Crippen LogP contribution >= 0.6 is 0 Å². The van der Waals surface area contributed by atoms with Crippen LogP contribution in [0.4, 0.5) is 17.3 Å². The first kappa shape index (κ1) is 14.0. The number of nitrogens with zero attached hydrogens (tertiary/aromatic N) is 2. The number of hydrogen-bond donors (Lipinski definition) is 2. The number of carbonyl (C=O) groups is 1. The van der Waals surface area contributed by atoms with Crippen molar-refractivity contribution < 1.29 is 4.79 Å². The molecule has 2 rings (SSSR count). The lowest BCUT2D eigenvalue weighted by Crippen LogP contribution is -2.15. The average Bonchev–Trinajstić information content (AvgIpc) is 2.41. The van der Waals surface area contributed by atoms with Gasteiger partial charge in [0, 0.05) is 12.1 Å². The molecule has 0 fully saturated rings. The Morgan fingerprint density at radius 2 is 1.70 bits per heavy atom. The molecule has 20 heavy (non-hydrogen) atoms. The van der Waals surface area contributed by atoms with Gasteiger partial charge in [-0.05, 0) is 30.2 Å². The fourth-order valence-corrected chi connectivity index (χ4v) is 1.70. The Bertz CT molecular complexity index is 552. The summed E-state index contributed by atoms with van der Waals surface area (Å²) in [7, 11) is 0. The molecule has 2 N–H and O–H groups in total. The number of aromatic nitrogens is 2. The quantitative estimate of drug-likeness (QED) is 0.875. The van der Waals surface area contributed by atoms with E-state index in [2.05, 4.69) is 20.8 Å². The molecule has 1 aromatic heterocycles. The molecule has 1 heterocycles. The molecule has 1 amide bonds. The van der Waals surface area contributed by atoms with Gasteiger partial charge in [-0.15, -0.1) is 10.2 Å². The minimum Gasteiger partial charge on any atom is -0.339 e. The average molecular weight is 270 g/mol. The third kappa shape index (κ3) is 4.35. The van der Waals surface area contributed by atoms with Crippen molar-refractivity contribution >= 4 is 23.2 Å². The molecule has 0 aliphatic heterocycles. The minimum atomic E-state index is -0.0435. The Labute approximate surface area is 118 Å². The van der Waals surface area contributed by atoms with E-state index >= 15 is 0 Å². The predicted molar refractivity (Wildman–Crippen MR) is 79.8 cm³/mol. The van der Waals surface area contributed by atoms with Gasteiger partial charge in [0.05, 0.1) is 0 Å². The second-order valence-corrected chi connectivity index (χ2v) is 4.94. The lowest BCUT2D eigenvalue weighted by atomic mass is 10.1. The molecule has 0 bridgehead atoms. The minimum absolute atomic E-state index is 0.0435. The topological polar surface area (TPSA) is 66.9 Å². The number of carbonyl (C=O) groups excluding carboxylic acids is 1. The molecule has 2 aromatic rings. The molecule has 5 heteroatoms. The molecule has 104 valence electrons. The van der Waals surface area contributed by atoms with Crippen LogP contribution in [0.15, 0.2) is 42.5 Å². The summed E-state index contributed by atoms with van der Waals surface area (Å²) in [6.07, 6.45) is 0.478. The van der Waals surface area contributed by atoms with Crippen LogP contribution in [-0.2, 0) is 4.79 Å². The van der Waals surface area contributed by atoms with Gasteiger partial charge in [0.15, 0.2) is 11.6 Å². The van der Waals surface area contributed by atoms with Crippen molar-refractivity contribution in [3.8, 4) is 0 Å². The van der Waals surface area contributed by atoms with Crippen LogP contribution in [-0.4, -0.2) is 16.1 Å². The summed E-state index contributed by atoms with van der Waals surface area (Å²) in [6.45, 7) is 4.00. The molecule has 0 unspecified atom stereocenters. The monoisotopic (exact) mass is 270 g/mol. The fraction of sp³-hybridized carbons (Fsp3) is 0.267. The van der Waals surface area contributed by atoms with Crippen LogP contribution in [0.2, 0.25) is 0 Å². The lowest BCUT2D eigenvalue weighted by molar-refractivity contribution is -0.116. The van der Waals surface area contributed by atoms with E-state index in [1.54, 1.807) is 12.1 Å². The molecule has 0 aliphatic carbocycles. The highest BCUT2D eigenvalue weighted by atomic mass is 16.1. The summed E-state index contributed by atoms with van der Waals surface area (Å²) < 4.78 is 0. The van der Waals surface area contributed by atoms with E-state index in [9.17, 15) is 4.79 Å². The zero-order valence-electron chi connectivity index (χ0n) is 11.6. The zero-order valence-corrected chi connectivity index (χ0v) is 11.6. The van der Waals surface area contributed by atoms with Crippen LogP contribution < -0.4 is 10.6 Å². The predicted octanol–water partition coefficient (Wildman–Crippen LogP) is 3.20. The van der Waals surface area contributed by atoms with Gasteiger partial charge in [-0.3, -0.25) is 4.79 Å². The van der Waals surface area contributed by atoms with E-state index in [0.29, 0.717) is 24.0 Å². The highest BCUT2D eigenvalue weighted by Gasteiger charge is 2.06. The molecule has 0 aliphatic rings. The van der Waals surface area contributed by atoms with Gasteiger partial charge in [-0.2, -0.15) is 0 Å². The van der Waals surface area contributed by atoms with E-state index in [-0.39, 0.29) is 5.91 Å². The Morgan fingerprint density at radius 1 is 1.05 bits per heavy atom. The molecule has 0 saturated heterocycles. The van der Waals surface area contributed by atoms with Gasteiger partial charge in [0.25, 0.3) is 0 Å². The van der Waals surface area contributed by atoms with Gasteiger partial charge in [-0.25, -0.2) is 0 Å². The Kier molecular flexibility index (Phi) is 4.65. The molecule has 1 aromatic carbocycles. The lowest BCUT2D eigenvalue weighted by Gasteiger charge is -2.07. The summed E-state index contributed by atoms with van der Waals surface area (Å²) in [6, 6.07) is 13.2. The SMILES string of the molecule is CC(C)CC(=O)Nc1ccc(Nc2ccccc2)nn1. The first-order valence-electron chi connectivity index (χ1n) is 6.59. The van der Waals surface area contributed by atoms with Crippen LogP contribution in [0.5, 0.6) is 0 Å². The number of rotatable bonds is 5. The Morgan fingerprint density at radius 3 is 2.30 bits per heavy atom. The van der Waals surface area contributed by atoms with Crippen LogP contribution in [0, 0.1) is 5.92 Å². The summed E-state index contributed by atoms with van der Waals surface area (Å²) in [5.74, 6) is 1.38. The molecule has 5 nitrogen and oxygen atoms in total. The van der Waals surface area contributed by atoms with E-state index < -0.39 is 0 Å². The van der Waals surface area contributed by atoms with Gasteiger partial charge in [0.2, 0.25) is 5.91 Å². The molecule has 0 saturated carbocycles. The highest BCUT2D eigenvalue weighted by molar-refractivity contribution is 5.89. The molecule has 0 spiro atoms. The van der Waals surface area contributed by atoms with Gasteiger partial charge in [-0.1, -0.05) is 32.0 Å². The Hall–Kier alpha value is -2.43. The van der Waals surface area contributed by atoms with E-state index in [4.69, 9.17) is 0 Å². The second-order valence-electron chi connectivity index (χ2n) is 4.94. The zero-order chi connectivity index (χ0) is 14.4. The van der Waals surface area contributed by atoms with E-state index in [1.165, 1.54) is 0 Å². The maximum absolute atomic E-state index is 11.6. The van der Waals surface area contributed by atoms with Crippen molar-refractivity contribution in [3.05, 3.63) is 42.5 Å². The molecule has 0 atom stereocenters.